The van der Waals surface area contributed by atoms with Crippen molar-refractivity contribution in [2.75, 3.05) is 6.67 Å². The molecule has 1 aromatic rings. The lowest BCUT2D eigenvalue weighted by atomic mass is 9.68. The van der Waals surface area contributed by atoms with Crippen molar-refractivity contribution in [2.24, 2.45) is 17.8 Å². The highest BCUT2D eigenvalue weighted by Crippen LogP contribution is 2.44. The minimum atomic E-state index is -1.37. The van der Waals surface area contributed by atoms with E-state index in [0.717, 1.165) is 38.0 Å². The zero-order valence-electron chi connectivity index (χ0n) is 15.9. The molecule has 0 aromatic heterocycles. The Labute approximate surface area is 160 Å². The number of halogens is 4. The Kier molecular flexibility index (Phi) is 7.37. The Balaban J connectivity index is 1.46. The molecule has 0 heterocycles. The average Bonchev–Trinajstić information content (AvgIpc) is 2.70. The van der Waals surface area contributed by atoms with E-state index < -0.39 is 17.5 Å². The van der Waals surface area contributed by atoms with E-state index in [1.807, 2.05) is 0 Å². The van der Waals surface area contributed by atoms with Gasteiger partial charge in [-0.25, -0.2) is 13.2 Å². The van der Waals surface area contributed by atoms with Gasteiger partial charge >= 0.3 is 0 Å². The molecule has 3 rings (SSSR count). The number of hydrogen-bond acceptors (Lipinski definition) is 0. The summed E-state index contributed by atoms with van der Waals surface area (Å²) in [5.41, 5.74) is 0.604. The molecule has 0 radical (unpaired) electrons. The van der Waals surface area contributed by atoms with E-state index in [4.69, 9.17) is 0 Å². The number of benzene rings is 1. The van der Waals surface area contributed by atoms with Crippen LogP contribution in [0, 0.1) is 35.2 Å². The quantitative estimate of drug-likeness (QED) is 0.207. The van der Waals surface area contributed by atoms with Crippen molar-refractivity contribution < 1.29 is 17.6 Å². The van der Waals surface area contributed by atoms with Crippen LogP contribution >= 0.6 is 0 Å². The lowest BCUT2D eigenvalue weighted by Gasteiger charge is -2.37. The highest BCUT2D eigenvalue weighted by molar-refractivity contribution is 5.23. The predicted octanol–water partition coefficient (Wildman–Crippen LogP) is 7.49. The summed E-state index contributed by atoms with van der Waals surface area (Å²) in [7, 11) is 0. The highest BCUT2D eigenvalue weighted by atomic mass is 19.2. The summed E-state index contributed by atoms with van der Waals surface area (Å²) in [6.07, 6.45) is 14.8. The van der Waals surface area contributed by atoms with E-state index in [9.17, 15) is 17.6 Å². The van der Waals surface area contributed by atoms with E-state index in [2.05, 4.69) is 12.2 Å². The molecule has 1 aromatic carbocycles. The number of alkyl halides is 1. The fourth-order valence-electron chi connectivity index (χ4n) is 5.03. The van der Waals surface area contributed by atoms with Gasteiger partial charge in [0.15, 0.2) is 17.5 Å². The van der Waals surface area contributed by atoms with Gasteiger partial charge in [-0.2, -0.15) is 0 Å². The first kappa shape index (κ1) is 20.4. The van der Waals surface area contributed by atoms with Crippen LogP contribution in [0.2, 0.25) is 0 Å². The van der Waals surface area contributed by atoms with Crippen molar-refractivity contribution in [3.63, 3.8) is 0 Å². The fraction of sp³-hybridized carbons (Fsp3) is 0.652. The second kappa shape index (κ2) is 9.75. The molecule has 27 heavy (non-hydrogen) atoms. The molecule has 0 aliphatic heterocycles. The van der Waals surface area contributed by atoms with Crippen LogP contribution < -0.4 is 0 Å². The summed E-state index contributed by atoms with van der Waals surface area (Å²) >= 11 is 0. The molecule has 0 atom stereocenters. The highest BCUT2D eigenvalue weighted by Gasteiger charge is 2.31. The van der Waals surface area contributed by atoms with E-state index >= 15 is 0 Å². The van der Waals surface area contributed by atoms with Crippen LogP contribution in [0.5, 0.6) is 0 Å². The van der Waals surface area contributed by atoms with Gasteiger partial charge in [0, 0.05) is 0 Å². The maximum atomic E-state index is 13.5. The molecular weight excluding hydrogens is 352 g/mol. The van der Waals surface area contributed by atoms with Gasteiger partial charge in [-0.15, -0.1) is 0 Å². The van der Waals surface area contributed by atoms with Gasteiger partial charge in [-0.05, 0) is 106 Å². The first-order chi connectivity index (χ1) is 13.1. The van der Waals surface area contributed by atoms with Crippen LogP contribution in [-0.4, -0.2) is 6.67 Å². The van der Waals surface area contributed by atoms with E-state index in [1.165, 1.54) is 37.8 Å². The number of unbranched alkanes of at least 4 members (excludes halogenated alkanes) is 1. The van der Waals surface area contributed by atoms with Crippen LogP contribution in [-0.2, 0) is 0 Å². The first-order valence-corrected chi connectivity index (χ1v) is 10.5. The summed E-state index contributed by atoms with van der Waals surface area (Å²) in [4.78, 5) is 0. The summed E-state index contributed by atoms with van der Waals surface area (Å²) in [5, 5.41) is 0. The molecule has 150 valence electrons. The molecule has 0 saturated heterocycles. The summed E-state index contributed by atoms with van der Waals surface area (Å²) in [5.74, 6) is -1.29. The second-order valence-corrected chi connectivity index (χ2v) is 8.34. The van der Waals surface area contributed by atoms with Crippen molar-refractivity contribution in [3.05, 3.63) is 47.3 Å². The zero-order chi connectivity index (χ0) is 19.2. The molecule has 0 unspecified atom stereocenters. The minimum Gasteiger partial charge on any atom is -0.251 e. The fourth-order valence-corrected chi connectivity index (χ4v) is 5.03. The Bertz CT molecular complexity index is 600. The van der Waals surface area contributed by atoms with Gasteiger partial charge in [-0.3, -0.25) is 4.39 Å². The molecule has 2 fully saturated rings. The first-order valence-electron chi connectivity index (χ1n) is 10.5. The third kappa shape index (κ3) is 5.36. The smallest absolute Gasteiger partial charge is 0.194 e. The molecule has 0 bridgehead atoms. The maximum absolute atomic E-state index is 13.5. The number of rotatable bonds is 6. The van der Waals surface area contributed by atoms with Crippen molar-refractivity contribution in [1.29, 1.82) is 0 Å². The molecule has 0 spiro atoms. The molecule has 0 N–H and O–H groups in total. The van der Waals surface area contributed by atoms with Gasteiger partial charge in [-0.1, -0.05) is 12.2 Å². The Morgan fingerprint density at radius 1 is 0.815 bits per heavy atom. The van der Waals surface area contributed by atoms with Crippen LogP contribution in [0.3, 0.4) is 0 Å². The van der Waals surface area contributed by atoms with Crippen LogP contribution in [0.1, 0.15) is 75.7 Å². The van der Waals surface area contributed by atoms with Crippen LogP contribution in [0.25, 0.3) is 0 Å². The third-order valence-corrected chi connectivity index (χ3v) is 6.65. The van der Waals surface area contributed by atoms with Crippen molar-refractivity contribution in [1.82, 2.24) is 0 Å². The normalized spacial score (nSPS) is 29.3. The van der Waals surface area contributed by atoms with Gasteiger partial charge in [0.2, 0.25) is 0 Å². The minimum absolute atomic E-state index is 0.139. The molecule has 2 aliphatic rings. The Morgan fingerprint density at radius 2 is 1.37 bits per heavy atom. The summed E-state index contributed by atoms with van der Waals surface area (Å²) < 4.78 is 52.3. The van der Waals surface area contributed by atoms with Gasteiger partial charge in [0.05, 0.1) is 6.67 Å². The average molecular weight is 382 g/mol. The molecule has 4 heteroatoms. The molecule has 0 amide bonds. The van der Waals surface area contributed by atoms with E-state index in [0.29, 0.717) is 23.8 Å². The monoisotopic (exact) mass is 382 g/mol. The standard InChI is InChI=1S/C23H30F4/c24-13-3-1-2-4-16-5-7-17(8-6-16)18-9-11-19(12-10-18)20-14-21(25)23(27)22(26)15-20/h2,4,14-19H,1,3,5-13H2/b4-2+/t16-,17-,18?,19?. The van der Waals surface area contributed by atoms with Crippen molar-refractivity contribution >= 4 is 0 Å². The van der Waals surface area contributed by atoms with Gasteiger partial charge in [0.25, 0.3) is 0 Å². The van der Waals surface area contributed by atoms with Crippen LogP contribution in [0.4, 0.5) is 17.6 Å². The summed E-state index contributed by atoms with van der Waals surface area (Å²) in [6, 6.07) is 2.34. The lowest BCUT2D eigenvalue weighted by molar-refractivity contribution is 0.171. The van der Waals surface area contributed by atoms with Gasteiger partial charge in [0.1, 0.15) is 0 Å². The van der Waals surface area contributed by atoms with Gasteiger partial charge < -0.3 is 0 Å². The topological polar surface area (TPSA) is 0 Å². The predicted molar refractivity (Wildman–Crippen MR) is 101 cm³/mol. The number of hydrogen-bond donors (Lipinski definition) is 0. The largest absolute Gasteiger partial charge is 0.251 e. The number of allylic oxidation sites excluding steroid dienone is 2. The van der Waals surface area contributed by atoms with Crippen molar-refractivity contribution in [2.45, 2.75) is 70.1 Å². The van der Waals surface area contributed by atoms with E-state index in [1.54, 1.807) is 0 Å². The van der Waals surface area contributed by atoms with Crippen molar-refractivity contribution in [3.8, 4) is 0 Å². The lowest BCUT2D eigenvalue weighted by Crippen LogP contribution is -2.25. The molecular formula is C23H30F4. The Hall–Kier alpha value is -1.32. The molecule has 2 aliphatic carbocycles. The third-order valence-electron chi connectivity index (χ3n) is 6.65. The second-order valence-electron chi connectivity index (χ2n) is 8.34. The van der Waals surface area contributed by atoms with Crippen LogP contribution in [0.15, 0.2) is 24.3 Å². The zero-order valence-corrected chi connectivity index (χ0v) is 15.9. The van der Waals surface area contributed by atoms with E-state index in [-0.39, 0.29) is 12.6 Å². The molecule has 0 nitrogen and oxygen atoms in total. The SMILES string of the molecule is FCCC/C=C/[C@H]1CC[C@H](C2CCC(c3cc(F)c(F)c(F)c3)CC2)CC1. The Morgan fingerprint density at radius 3 is 1.93 bits per heavy atom. The molecule has 2 saturated carbocycles. The maximum Gasteiger partial charge on any atom is 0.194 e. The summed E-state index contributed by atoms with van der Waals surface area (Å²) in [6.45, 7) is -0.239.